The molecule has 2 aliphatic heterocycles. The third-order valence-corrected chi connectivity index (χ3v) is 6.54. The van der Waals surface area contributed by atoms with Gasteiger partial charge in [-0.2, -0.15) is 0 Å². The van der Waals surface area contributed by atoms with E-state index in [9.17, 15) is 4.79 Å². The van der Waals surface area contributed by atoms with Gasteiger partial charge in [0.05, 0.1) is 31.5 Å². The van der Waals surface area contributed by atoms with Crippen molar-refractivity contribution in [1.82, 2.24) is 25.5 Å². The summed E-state index contributed by atoms with van der Waals surface area (Å²) in [6.07, 6.45) is 3.42. The van der Waals surface area contributed by atoms with Gasteiger partial charge in [-0.05, 0) is 56.1 Å². The van der Waals surface area contributed by atoms with Crippen molar-refractivity contribution < 1.29 is 14.3 Å². The summed E-state index contributed by atoms with van der Waals surface area (Å²) < 4.78 is 11.0. The van der Waals surface area contributed by atoms with Crippen LogP contribution in [-0.2, 0) is 4.79 Å². The van der Waals surface area contributed by atoms with Gasteiger partial charge in [0, 0.05) is 11.5 Å². The number of thiocarbonyl (C=S) groups is 1. The van der Waals surface area contributed by atoms with Gasteiger partial charge in [-0.3, -0.25) is 9.69 Å². The average molecular weight is 444 g/mol. The summed E-state index contributed by atoms with van der Waals surface area (Å²) >= 11 is 5.66. The number of piperidine rings is 1. The zero-order valence-corrected chi connectivity index (χ0v) is 19.2. The molecule has 3 heterocycles. The van der Waals surface area contributed by atoms with E-state index in [2.05, 4.69) is 20.6 Å². The van der Waals surface area contributed by atoms with Gasteiger partial charge in [-0.1, -0.05) is 13.8 Å². The molecule has 0 bridgehead atoms. The minimum absolute atomic E-state index is 0.00997. The van der Waals surface area contributed by atoms with Crippen molar-refractivity contribution in [3.05, 3.63) is 24.2 Å². The smallest absolute Gasteiger partial charge is 0.252 e. The van der Waals surface area contributed by atoms with E-state index in [1.807, 2.05) is 26.0 Å². The Hall–Kier alpha value is -2.52. The summed E-state index contributed by atoms with van der Waals surface area (Å²) in [5.74, 6) is 1.57. The highest BCUT2D eigenvalue weighted by Crippen LogP contribution is 2.41. The van der Waals surface area contributed by atoms with Crippen LogP contribution in [0.3, 0.4) is 0 Å². The minimum atomic E-state index is -0.320. The highest BCUT2D eigenvalue weighted by atomic mass is 32.1. The van der Waals surface area contributed by atoms with E-state index in [-0.39, 0.29) is 29.8 Å². The van der Waals surface area contributed by atoms with Crippen molar-refractivity contribution in [3.63, 3.8) is 0 Å². The monoisotopic (exact) mass is 443 g/mol. The summed E-state index contributed by atoms with van der Waals surface area (Å²) in [7, 11) is 3.20. The Bertz CT molecular complexity index is 993. The van der Waals surface area contributed by atoms with Gasteiger partial charge in [0.15, 0.2) is 16.6 Å². The molecular formula is C22H29N5O3S. The molecule has 31 heavy (non-hydrogen) atoms. The van der Waals surface area contributed by atoms with Crippen molar-refractivity contribution >= 4 is 34.1 Å². The first-order valence-electron chi connectivity index (χ1n) is 10.7. The normalized spacial score (nSPS) is 20.9. The number of hydrogen-bond donors (Lipinski definition) is 2. The van der Waals surface area contributed by atoms with Gasteiger partial charge >= 0.3 is 0 Å². The molecule has 0 spiro atoms. The second-order valence-electron chi connectivity index (χ2n) is 8.39. The first kappa shape index (κ1) is 21.7. The van der Waals surface area contributed by atoms with Crippen LogP contribution in [0.25, 0.3) is 10.9 Å². The summed E-state index contributed by atoms with van der Waals surface area (Å²) in [5, 5.41) is 7.96. The summed E-state index contributed by atoms with van der Waals surface area (Å²) in [6, 6.07) is 3.15. The Morgan fingerprint density at radius 1 is 1.13 bits per heavy atom. The van der Waals surface area contributed by atoms with Crippen molar-refractivity contribution in [2.24, 2.45) is 11.8 Å². The Kier molecular flexibility index (Phi) is 6.24. The van der Waals surface area contributed by atoms with Crippen molar-refractivity contribution in [3.8, 4) is 11.5 Å². The van der Waals surface area contributed by atoms with Crippen molar-refractivity contribution in [2.75, 3.05) is 27.3 Å². The maximum absolute atomic E-state index is 13.4. The fourth-order valence-corrected chi connectivity index (χ4v) is 4.92. The Labute approximate surface area is 187 Å². The van der Waals surface area contributed by atoms with E-state index in [4.69, 9.17) is 21.7 Å². The third-order valence-electron chi connectivity index (χ3n) is 6.23. The SMILES string of the molecule is COc1cc2ncnc(C(C3CCNCC3)N3C(=O)C(C(C)C)NC3=S)c2cc1OC. The van der Waals surface area contributed by atoms with Crippen LogP contribution in [0.4, 0.5) is 0 Å². The third kappa shape index (κ3) is 3.92. The lowest BCUT2D eigenvalue weighted by molar-refractivity contribution is -0.130. The number of ether oxygens (including phenoxy) is 2. The van der Waals surface area contributed by atoms with Crippen molar-refractivity contribution in [2.45, 2.75) is 38.8 Å². The number of benzene rings is 1. The average Bonchev–Trinajstić information content (AvgIpc) is 3.08. The molecule has 166 valence electrons. The van der Waals surface area contributed by atoms with Crippen LogP contribution in [0, 0.1) is 11.8 Å². The maximum Gasteiger partial charge on any atom is 0.252 e. The van der Waals surface area contributed by atoms with Crippen molar-refractivity contribution in [1.29, 1.82) is 0 Å². The molecule has 8 nitrogen and oxygen atoms in total. The van der Waals surface area contributed by atoms with Crippen LogP contribution in [0.2, 0.25) is 0 Å². The minimum Gasteiger partial charge on any atom is -0.493 e. The van der Waals surface area contributed by atoms with E-state index in [0.717, 1.165) is 42.5 Å². The number of hydrogen-bond acceptors (Lipinski definition) is 7. The van der Waals surface area contributed by atoms with E-state index in [1.165, 1.54) is 0 Å². The van der Waals surface area contributed by atoms with Crippen LogP contribution < -0.4 is 20.1 Å². The zero-order chi connectivity index (χ0) is 22.1. The topological polar surface area (TPSA) is 88.6 Å². The fourth-order valence-electron chi connectivity index (χ4n) is 4.58. The predicted molar refractivity (Wildman–Crippen MR) is 122 cm³/mol. The van der Waals surface area contributed by atoms with E-state index < -0.39 is 0 Å². The number of methoxy groups -OCH3 is 2. The van der Waals surface area contributed by atoms with Crippen LogP contribution in [0.5, 0.6) is 11.5 Å². The Balaban J connectivity index is 1.87. The molecule has 0 saturated carbocycles. The number of aromatic nitrogens is 2. The lowest BCUT2D eigenvalue weighted by Gasteiger charge is -2.36. The molecule has 0 radical (unpaired) electrons. The molecule has 2 aliphatic rings. The van der Waals surface area contributed by atoms with Gasteiger partial charge in [-0.25, -0.2) is 9.97 Å². The predicted octanol–water partition coefficient (Wildman–Crippen LogP) is 2.43. The Morgan fingerprint density at radius 2 is 1.81 bits per heavy atom. The van der Waals surface area contributed by atoms with Gasteiger partial charge in [0.2, 0.25) is 0 Å². The van der Waals surface area contributed by atoms with E-state index in [1.54, 1.807) is 25.4 Å². The number of carbonyl (C=O) groups is 1. The molecule has 9 heteroatoms. The number of carbonyl (C=O) groups excluding carboxylic acids is 1. The molecule has 1 aromatic carbocycles. The van der Waals surface area contributed by atoms with Gasteiger partial charge in [0.25, 0.3) is 5.91 Å². The molecule has 2 unspecified atom stereocenters. The zero-order valence-electron chi connectivity index (χ0n) is 18.3. The molecule has 1 amide bonds. The maximum atomic E-state index is 13.4. The van der Waals surface area contributed by atoms with Crippen LogP contribution in [0.1, 0.15) is 38.4 Å². The number of fused-ring (bicyclic) bond motifs is 1. The highest BCUT2D eigenvalue weighted by Gasteiger charge is 2.45. The second kappa shape index (κ2) is 8.92. The molecule has 2 atom stereocenters. The molecule has 2 N–H and O–H groups in total. The van der Waals surface area contributed by atoms with Crippen LogP contribution in [0.15, 0.2) is 18.5 Å². The molecule has 2 fully saturated rings. The fraction of sp³-hybridized carbons (Fsp3) is 0.545. The molecule has 2 saturated heterocycles. The van der Waals surface area contributed by atoms with Crippen LogP contribution >= 0.6 is 12.2 Å². The molecule has 4 rings (SSSR count). The molecular weight excluding hydrogens is 414 g/mol. The number of nitrogens with one attached hydrogen (secondary N) is 2. The molecule has 0 aliphatic carbocycles. The molecule has 1 aromatic heterocycles. The first-order valence-corrected chi connectivity index (χ1v) is 11.1. The Morgan fingerprint density at radius 3 is 2.42 bits per heavy atom. The van der Waals surface area contributed by atoms with Crippen LogP contribution in [-0.4, -0.2) is 59.2 Å². The first-order chi connectivity index (χ1) is 15.0. The number of rotatable bonds is 6. The van der Waals surface area contributed by atoms with Gasteiger partial charge < -0.3 is 20.1 Å². The van der Waals surface area contributed by atoms with E-state index in [0.29, 0.717) is 16.6 Å². The molecule has 2 aromatic rings. The standard InChI is InChI=1S/C22H29N5O3S/c1-12(2)18-21(28)27(22(31)26-18)20(13-5-7-23-8-6-13)19-14-9-16(29-3)17(30-4)10-15(14)24-11-25-19/h9-13,18,20,23H,5-8H2,1-4H3,(H,26,31). The van der Waals surface area contributed by atoms with Gasteiger partial charge in [-0.15, -0.1) is 0 Å². The number of nitrogens with zero attached hydrogens (tertiary/aromatic N) is 3. The second-order valence-corrected chi connectivity index (χ2v) is 8.78. The quantitative estimate of drug-likeness (QED) is 0.658. The number of amides is 1. The lowest BCUT2D eigenvalue weighted by atomic mass is 9.85. The summed E-state index contributed by atoms with van der Waals surface area (Å²) in [4.78, 5) is 24.3. The lowest BCUT2D eigenvalue weighted by Crippen LogP contribution is -2.43. The van der Waals surface area contributed by atoms with E-state index >= 15 is 0 Å². The van der Waals surface area contributed by atoms with Gasteiger partial charge in [0.1, 0.15) is 12.4 Å². The highest BCUT2D eigenvalue weighted by molar-refractivity contribution is 7.80. The largest absolute Gasteiger partial charge is 0.493 e. The summed E-state index contributed by atoms with van der Waals surface area (Å²) in [5.41, 5.74) is 1.53. The summed E-state index contributed by atoms with van der Waals surface area (Å²) in [6.45, 7) is 5.85.